The normalized spacial score (nSPS) is 13.2. The minimum atomic E-state index is 0.0857. The van der Waals surface area contributed by atoms with Crippen molar-refractivity contribution in [3.63, 3.8) is 0 Å². The third kappa shape index (κ3) is 6.23. The van der Waals surface area contributed by atoms with Crippen LogP contribution in [0.4, 0.5) is 0 Å². The molecule has 0 aliphatic heterocycles. The third-order valence-electron chi connectivity index (χ3n) is 2.81. The molecule has 0 saturated carbocycles. The minimum absolute atomic E-state index is 0.0857. The SMILES string of the molecule is CCOCC(C)OCc1cc(C)c(CNC(C)C)o1. The first-order valence-electron chi connectivity index (χ1n) is 7.03. The van der Waals surface area contributed by atoms with E-state index >= 15 is 0 Å². The molecular weight excluding hydrogens is 242 g/mol. The van der Waals surface area contributed by atoms with E-state index in [4.69, 9.17) is 13.9 Å². The zero-order valence-corrected chi connectivity index (χ0v) is 12.8. The maximum Gasteiger partial charge on any atom is 0.130 e. The first-order chi connectivity index (χ1) is 9.02. The van der Waals surface area contributed by atoms with Crippen molar-refractivity contribution in [3.05, 3.63) is 23.2 Å². The van der Waals surface area contributed by atoms with E-state index in [9.17, 15) is 0 Å². The predicted molar refractivity (Wildman–Crippen MR) is 76.2 cm³/mol. The summed E-state index contributed by atoms with van der Waals surface area (Å²) in [6.45, 7) is 12.9. The second-order valence-corrected chi connectivity index (χ2v) is 5.14. The van der Waals surface area contributed by atoms with E-state index in [1.54, 1.807) is 0 Å². The number of aryl methyl sites for hydroxylation is 1. The van der Waals surface area contributed by atoms with Gasteiger partial charge in [-0.05, 0) is 32.4 Å². The Hall–Kier alpha value is -0.840. The highest BCUT2D eigenvalue weighted by Crippen LogP contribution is 2.16. The van der Waals surface area contributed by atoms with Crippen molar-refractivity contribution in [2.75, 3.05) is 13.2 Å². The lowest BCUT2D eigenvalue weighted by Gasteiger charge is -2.11. The molecular formula is C15H27NO3. The summed E-state index contributed by atoms with van der Waals surface area (Å²) in [7, 11) is 0. The zero-order valence-electron chi connectivity index (χ0n) is 12.8. The van der Waals surface area contributed by atoms with Crippen LogP contribution in [0.1, 0.15) is 44.8 Å². The molecule has 0 amide bonds. The van der Waals surface area contributed by atoms with Crippen LogP contribution in [-0.4, -0.2) is 25.4 Å². The molecule has 1 N–H and O–H groups in total. The molecule has 1 heterocycles. The summed E-state index contributed by atoms with van der Waals surface area (Å²) in [5.74, 6) is 1.87. The summed E-state index contributed by atoms with van der Waals surface area (Å²) in [5, 5.41) is 3.35. The van der Waals surface area contributed by atoms with E-state index in [1.807, 2.05) is 19.9 Å². The molecule has 0 aliphatic rings. The van der Waals surface area contributed by atoms with E-state index in [1.165, 1.54) is 5.56 Å². The number of ether oxygens (including phenoxy) is 2. The Morgan fingerprint density at radius 2 is 2.05 bits per heavy atom. The van der Waals surface area contributed by atoms with Crippen LogP contribution in [-0.2, 0) is 22.6 Å². The fraction of sp³-hybridized carbons (Fsp3) is 0.733. The summed E-state index contributed by atoms with van der Waals surface area (Å²) in [5.41, 5.74) is 1.17. The topological polar surface area (TPSA) is 43.6 Å². The Morgan fingerprint density at radius 1 is 1.32 bits per heavy atom. The summed E-state index contributed by atoms with van der Waals surface area (Å²) >= 11 is 0. The second kappa shape index (κ2) is 8.35. The van der Waals surface area contributed by atoms with Crippen molar-refractivity contribution in [1.82, 2.24) is 5.32 Å². The number of rotatable bonds is 9. The predicted octanol–water partition coefficient (Wildman–Crippen LogP) is 3.03. The lowest BCUT2D eigenvalue weighted by atomic mass is 10.2. The van der Waals surface area contributed by atoms with E-state index in [-0.39, 0.29) is 6.10 Å². The molecule has 1 rings (SSSR count). The first kappa shape index (κ1) is 16.2. The van der Waals surface area contributed by atoms with E-state index in [0.717, 1.165) is 24.7 Å². The van der Waals surface area contributed by atoms with Crippen LogP contribution in [0.5, 0.6) is 0 Å². The lowest BCUT2D eigenvalue weighted by Crippen LogP contribution is -2.21. The lowest BCUT2D eigenvalue weighted by molar-refractivity contribution is -0.0173. The van der Waals surface area contributed by atoms with Gasteiger partial charge in [-0.25, -0.2) is 0 Å². The molecule has 0 aromatic carbocycles. The van der Waals surface area contributed by atoms with Crippen molar-refractivity contribution >= 4 is 0 Å². The molecule has 0 aliphatic carbocycles. The first-order valence-corrected chi connectivity index (χ1v) is 7.03. The molecule has 0 fully saturated rings. The molecule has 1 unspecified atom stereocenters. The number of furan rings is 1. The fourth-order valence-corrected chi connectivity index (χ4v) is 1.69. The highest BCUT2D eigenvalue weighted by molar-refractivity contribution is 5.19. The van der Waals surface area contributed by atoms with Gasteiger partial charge in [-0.3, -0.25) is 0 Å². The van der Waals surface area contributed by atoms with Crippen LogP contribution in [0.2, 0.25) is 0 Å². The number of nitrogens with one attached hydrogen (secondary N) is 1. The molecule has 4 heteroatoms. The van der Waals surface area contributed by atoms with Crippen molar-refractivity contribution in [1.29, 1.82) is 0 Å². The average Bonchev–Trinajstić information content (AvgIpc) is 2.72. The molecule has 19 heavy (non-hydrogen) atoms. The maximum atomic E-state index is 5.79. The Kier molecular flexibility index (Phi) is 7.13. The Balaban J connectivity index is 2.40. The molecule has 1 aromatic heterocycles. The van der Waals surface area contributed by atoms with Crippen LogP contribution in [0, 0.1) is 6.92 Å². The van der Waals surface area contributed by atoms with Gasteiger partial charge in [-0.1, -0.05) is 13.8 Å². The van der Waals surface area contributed by atoms with E-state index in [0.29, 0.717) is 19.3 Å². The molecule has 1 aromatic rings. The minimum Gasteiger partial charge on any atom is -0.462 e. The number of hydrogen-bond acceptors (Lipinski definition) is 4. The van der Waals surface area contributed by atoms with Gasteiger partial charge in [0, 0.05) is 12.6 Å². The van der Waals surface area contributed by atoms with Crippen LogP contribution in [0.15, 0.2) is 10.5 Å². The Labute approximate surface area is 116 Å². The number of hydrogen-bond donors (Lipinski definition) is 1. The molecule has 0 saturated heterocycles. The van der Waals surface area contributed by atoms with E-state index in [2.05, 4.69) is 26.1 Å². The van der Waals surface area contributed by atoms with Gasteiger partial charge < -0.3 is 19.2 Å². The van der Waals surface area contributed by atoms with Gasteiger partial charge in [0.05, 0.1) is 19.3 Å². The van der Waals surface area contributed by atoms with Gasteiger partial charge in [0.2, 0.25) is 0 Å². The van der Waals surface area contributed by atoms with Gasteiger partial charge in [0.15, 0.2) is 0 Å². The Bertz CT molecular complexity index is 360. The van der Waals surface area contributed by atoms with Crippen molar-refractivity contribution in [3.8, 4) is 0 Å². The van der Waals surface area contributed by atoms with Crippen LogP contribution < -0.4 is 5.32 Å². The fourth-order valence-electron chi connectivity index (χ4n) is 1.69. The van der Waals surface area contributed by atoms with Gasteiger partial charge in [-0.15, -0.1) is 0 Å². The maximum absolute atomic E-state index is 5.79. The van der Waals surface area contributed by atoms with Crippen LogP contribution in [0.25, 0.3) is 0 Å². The average molecular weight is 269 g/mol. The third-order valence-corrected chi connectivity index (χ3v) is 2.81. The molecule has 4 nitrogen and oxygen atoms in total. The molecule has 110 valence electrons. The van der Waals surface area contributed by atoms with Crippen molar-refractivity contribution in [2.24, 2.45) is 0 Å². The molecule has 0 spiro atoms. The smallest absolute Gasteiger partial charge is 0.130 e. The van der Waals surface area contributed by atoms with E-state index < -0.39 is 0 Å². The molecule has 0 bridgehead atoms. The highest BCUT2D eigenvalue weighted by Gasteiger charge is 2.10. The molecule has 1 atom stereocenters. The summed E-state index contributed by atoms with van der Waals surface area (Å²) in [6.07, 6.45) is 0.0857. The second-order valence-electron chi connectivity index (χ2n) is 5.14. The van der Waals surface area contributed by atoms with Crippen molar-refractivity contribution in [2.45, 2.75) is 59.9 Å². The highest BCUT2D eigenvalue weighted by atomic mass is 16.5. The van der Waals surface area contributed by atoms with Crippen LogP contribution in [0.3, 0.4) is 0 Å². The summed E-state index contributed by atoms with van der Waals surface area (Å²) < 4.78 is 16.8. The van der Waals surface area contributed by atoms with Gasteiger partial charge >= 0.3 is 0 Å². The van der Waals surface area contributed by atoms with Gasteiger partial charge in [0.25, 0.3) is 0 Å². The monoisotopic (exact) mass is 269 g/mol. The van der Waals surface area contributed by atoms with Crippen LogP contribution >= 0.6 is 0 Å². The van der Waals surface area contributed by atoms with Gasteiger partial charge in [0.1, 0.15) is 18.1 Å². The van der Waals surface area contributed by atoms with Crippen molar-refractivity contribution < 1.29 is 13.9 Å². The largest absolute Gasteiger partial charge is 0.462 e. The Morgan fingerprint density at radius 3 is 2.68 bits per heavy atom. The molecule has 0 radical (unpaired) electrons. The van der Waals surface area contributed by atoms with Gasteiger partial charge in [-0.2, -0.15) is 0 Å². The quantitative estimate of drug-likeness (QED) is 0.748. The summed E-state index contributed by atoms with van der Waals surface area (Å²) in [4.78, 5) is 0. The summed E-state index contributed by atoms with van der Waals surface area (Å²) in [6, 6.07) is 2.50. The zero-order chi connectivity index (χ0) is 14.3. The standard InChI is InChI=1S/C15H27NO3/c1-6-17-9-13(5)18-10-14-7-12(4)15(19-14)8-16-11(2)3/h7,11,13,16H,6,8-10H2,1-5H3.